The highest BCUT2D eigenvalue weighted by Crippen LogP contribution is 2.33. The number of aromatic amines is 1. The zero-order valence-electron chi connectivity index (χ0n) is 19.9. The number of nitrogens with one attached hydrogen (secondary N) is 1. The van der Waals surface area contributed by atoms with Gasteiger partial charge in [-0.3, -0.25) is 0 Å². The molecule has 0 spiro atoms. The number of hydrogen-bond acceptors (Lipinski definition) is 9. The van der Waals surface area contributed by atoms with E-state index in [0.29, 0.717) is 48.3 Å². The van der Waals surface area contributed by atoms with Gasteiger partial charge in [-0.25, -0.2) is 24.6 Å². The zero-order valence-corrected chi connectivity index (χ0v) is 19.9. The number of imidazole rings is 1. The summed E-state index contributed by atoms with van der Waals surface area (Å²) in [5.41, 5.74) is 18.0. The maximum atomic E-state index is 6.36. The first-order valence-corrected chi connectivity index (χ1v) is 12.1. The summed E-state index contributed by atoms with van der Waals surface area (Å²) in [5.74, 6) is 1.67. The Morgan fingerprint density at radius 2 is 1.81 bits per heavy atom. The van der Waals surface area contributed by atoms with Gasteiger partial charge in [-0.1, -0.05) is 24.3 Å². The lowest BCUT2D eigenvalue weighted by atomic mass is 10.1. The van der Waals surface area contributed by atoms with Crippen LogP contribution in [0.2, 0.25) is 0 Å². The molecule has 5 heterocycles. The summed E-state index contributed by atoms with van der Waals surface area (Å²) in [7, 11) is 0. The second-order valence-electron chi connectivity index (χ2n) is 9.08. The number of ether oxygens (including phenoxy) is 1. The summed E-state index contributed by atoms with van der Waals surface area (Å²) < 4.78 is 7.47. The molecule has 6 aromatic rings. The lowest BCUT2D eigenvalue weighted by molar-refractivity contribution is 0.122. The van der Waals surface area contributed by atoms with Gasteiger partial charge in [0.15, 0.2) is 11.6 Å². The van der Waals surface area contributed by atoms with Crippen LogP contribution in [-0.4, -0.2) is 61.0 Å². The highest BCUT2D eigenvalue weighted by Gasteiger charge is 2.22. The first-order chi connectivity index (χ1) is 18.1. The molecule has 5 N–H and O–H groups in total. The quantitative estimate of drug-likeness (QED) is 0.337. The van der Waals surface area contributed by atoms with E-state index in [4.69, 9.17) is 26.3 Å². The molecule has 11 heteroatoms. The summed E-state index contributed by atoms with van der Waals surface area (Å²) in [6.45, 7) is 3.38. The van der Waals surface area contributed by atoms with E-state index < -0.39 is 0 Å². The number of aromatic nitrogens is 7. The number of nitrogen functional groups attached to an aromatic ring is 2. The van der Waals surface area contributed by atoms with Crippen molar-refractivity contribution in [2.75, 3.05) is 42.7 Å². The van der Waals surface area contributed by atoms with Crippen LogP contribution in [-0.2, 0) is 11.3 Å². The molecule has 2 aromatic carbocycles. The molecule has 184 valence electrons. The standard InChI is InChI=1S/C26H24N10O/c27-23-21-22(16-5-6-19-20(12-16)33-26(28)32-19)34-36(25(21)30-14-29-23)13-17-11-15-3-1-2-4-18(15)31-24(17)35-7-9-37-10-8-35/h1-6,11-12,14H,7-10,13H2,(H2,27,29,30)(H3,28,32,33). The number of rotatable bonds is 4. The highest BCUT2D eigenvalue weighted by molar-refractivity contribution is 5.99. The Balaban J connectivity index is 1.39. The third-order valence-electron chi connectivity index (χ3n) is 6.74. The lowest BCUT2D eigenvalue weighted by Gasteiger charge is -2.29. The molecule has 7 rings (SSSR count). The van der Waals surface area contributed by atoms with Crippen LogP contribution in [0.25, 0.3) is 44.2 Å². The van der Waals surface area contributed by atoms with Gasteiger partial charge in [0.1, 0.15) is 23.7 Å². The molecule has 0 bridgehead atoms. The summed E-state index contributed by atoms with van der Waals surface area (Å²) >= 11 is 0. The van der Waals surface area contributed by atoms with Crippen molar-refractivity contribution in [1.82, 2.24) is 34.7 Å². The van der Waals surface area contributed by atoms with Crippen molar-refractivity contribution in [3.63, 3.8) is 0 Å². The van der Waals surface area contributed by atoms with Crippen LogP contribution in [0.5, 0.6) is 0 Å². The van der Waals surface area contributed by atoms with Crippen LogP contribution < -0.4 is 16.4 Å². The smallest absolute Gasteiger partial charge is 0.198 e. The average Bonchev–Trinajstić information content (AvgIpc) is 3.48. The van der Waals surface area contributed by atoms with Crippen molar-refractivity contribution in [3.05, 3.63) is 60.4 Å². The van der Waals surface area contributed by atoms with E-state index in [1.54, 1.807) is 0 Å². The van der Waals surface area contributed by atoms with Crippen molar-refractivity contribution in [3.8, 4) is 11.3 Å². The van der Waals surface area contributed by atoms with E-state index in [9.17, 15) is 0 Å². The average molecular weight is 493 g/mol. The molecular formula is C26H24N10O. The Labute approximate surface area is 211 Å². The molecule has 1 saturated heterocycles. The minimum Gasteiger partial charge on any atom is -0.383 e. The first-order valence-electron chi connectivity index (χ1n) is 12.1. The summed E-state index contributed by atoms with van der Waals surface area (Å²) in [6, 6.07) is 16.2. The molecule has 1 fully saturated rings. The highest BCUT2D eigenvalue weighted by atomic mass is 16.5. The van der Waals surface area contributed by atoms with Gasteiger partial charge in [0, 0.05) is 29.6 Å². The Hall–Kier alpha value is -4.77. The zero-order chi connectivity index (χ0) is 24.9. The Morgan fingerprint density at radius 1 is 0.946 bits per heavy atom. The number of H-pyrrole nitrogens is 1. The lowest BCUT2D eigenvalue weighted by Crippen LogP contribution is -2.37. The van der Waals surface area contributed by atoms with Crippen LogP contribution in [0, 0.1) is 0 Å². The predicted octanol–water partition coefficient (Wildman–Crippen LogP) is 2.97. The van der Waals surface area contributed by atoms with Gasteiger partial charge in [0.2, 0.25) is 0 Å². The van der Waals surface area contributed by atoms with E-state index in [1.165, 1.54) is 6.33 Å². The number of pyridine rings is 1. The molecule has 0 atom stereocenters. The van der Waals surface area contributed by atoms with Gasteiger partial charge < -0.3 is 26.1 Å². The minimum atomic E-state index is 0.366. The van der Waals surface area contributed by atoms with Crippen molar-refractivity contribution < 1.29 is 4.74 Å². The molecule has 37 heavy (non-hydrogen) atoms. The SMILES string of the molecule is Nc1nc2cc(-c3nn(Cc4cc5ccccc5nc4N4CCOCC4)c4ncnc(N)c34)ccc2[nH]1. The molecule has 0 amide bonds. The van der Waals surface area contributed by atoms with Crippen LogP contribution in [0.3, 0.4) is 0 Å². The Morgan fingerprint density at radius 3 is 2.70 bits per heavy atom. The number of nitrogens with two attached hydrogens (primary N) is 2. The van der Waals surface area contributed by atoms with Crippen LogP contribution in [0.4, 0.5) is 17.6 Å². The van der Waals surface area contributed by atoms with Crippen molar-refractivity contribution in [1.29, 1.82) is 0 Å². The number of fused-ring (bicyclic) bond motifs is 3. The second-order valence-corrected chi connectivity index (χ2v) is 9.08. The largest absolute Gasteiger partial charge is 0.383 e. The normalized spacial score (nSPS) is 14.2. The molecule has 11 nitrogen and oxygen atoms in total. The molecule has 1 aliphatic heterocycles. The second kappa shape index (κ2) is 8.42. The maximum absolute atomic E-state index is 6.36. The van der Waals surface area contributed by atoms with E-state index in [2.05, 4.69) is 37.0 Å². The van der Waals surface area contributed by atoms with E-state index in [1.807, 2.05) is 41.1 Å². The van der Waals surface area contributed by atoms with Crippen LogP contribution in [0.1, 0.15) is 5.56 Å². The topological polar surface area (TPSA) is 150 Å². The third kappa shape index (κ3) is 3.67. The molecular weight excluding hydrogens is 468 g/mol. The third-order valence-corrected chi connectivity index (χ3v) is 6.74. The van der Waals surface area contributed by atoms with Crippen LogP contribution in [0.15, 0.2) is 54.9 Å². The number of morpholine rings is 1. The van der Waals surface area contributed by atoms with Crippen molar-refractivity contribution in [2.24, 2.45) is 0 Å². The molecule has 0 radical (unpaired) electrons. The van der Waals surface area contributed by atoms with Gasteiger partial charge in [-0.05, 0) is 24.3 Å². The predicted molar refractivity (Wildman–Crippen MR) is 143 cm³/mol. The van der Waals surface area contributed by atoms with Crippen LogP contribution >= 0.6 is 0 Å². The van der Waals surface area contributed by atoms with Gasteiger partial charge >= 0.3 is 0 Å². The van der Waals surface area contributed by atoms with Gasteiger partial charge in [0.25, 0.3) is 0 Å². The fourth-order valence-electron chi connectivity index (χ4n) is 4.99. The van der Waals surface area contributed by atoms with Gasteiger partial charge in [-0.15, -0.1) is 0 Å². The fraction of sp³-hybridized carbons (Fsp3) is 0.192. The van der Waals surface area contributed by atoms with Crippen molar-refractivity contribution >= 4 is 50.6 Å². The fourth-order valence-corrected chi connectivity index (χ4v) is 4.99. The Bertz CT molecular complexity index is 1780. The van der Waals surface area contributed by atoms with E-state index in [0.717, 1.165) is 52.0 Å². The van der Waals surface area contributed by atoms with Gasteiger partial charge in [-0.2, -0.15) is 5.10 Å². The maximum Gasteiger partial charge on any atom is 0.198 e. The first kappa shape index (κ1) is 21.5. The molecule has 0 saturated carbocycles. The molecule has 0 unspecified atom stereocenters. The molecule has 4 aromatic heterocycles. The number of anilines is 3. The number of para-hydroxylation sites is 1. The number of hydrogen-bond donors (Lipinski definition) is 3. The van der Waals surface area contributed by atoms with E-state index >= 15 is 0 Å². The monoisotopic (exact) mass is 492 g/mol. The van der Waals surface area contributed by atoms with Gasteiger partial charge in [0.05, 0.1) is 41.7 Å². The minimum absolute atomic E-state index is 0.366. The number of benzene rings is 2. The summed E-state index contributed by atoms with van der Waals surface area (Å²) in [4.78, 5) is 23.6. The summed E-state index contributed by atoms with van der Waals surface area (Å²) in [6.07, 6.45) is 1.47. The number of nitrogens with zero attached hydrogens (tertiary/aromatic N) is 7. The Kier molecular flexibility index (Phi) is 4.89. The molecule has 1 aliphatic rings. The molecule has 0 aliphatic carbocycles. The van der Waals surface area contributed by atoms with Crippen molar-refractivity contribution in [2.45, 2.75) is 6.54 Å². The van der Waals surface area contributed by atoms with E-state index in [-0.39, 0.29) is 0 Å². The summed E-state index contributed by atoms with van der Waals surface area (Å²) in [5, 5.41) is 6.76.